The number of halogens is 2. The van der Waals surface area contributed by atoms with Gasteiger partial charge in [0, 0.05) is 40.7 Å². The molecule has 3 nitrogen and oxygen atoms in total. The molecule has 1 heterocycles. The zero-order valence-electron chi connectivity index (χ0n) is 19.3. The molecule has 1 aromatic heterocycles. The van der Waals surface area contributed by atoms with E-state index < -0.39 is 0 Å². The Morgan fingerprint density at radius 1 is 0.882 bits per heavy atom. The molecule has 0 amide bonds. The van der Waals surface area contributed by atoms with Gasteiger partial charge in [-0.05, 0) is 73.1 Å². The number of nitrogens with one attached hydrogen (secondary N) is 1. The summed E-state index contributed by atoms with van der Waals surface area (Å²) in [5, 5.41) is 5.06. The van der Waals surface area contributed by atoms with Gasteiger partial charge in [0.25, 0.3) is 0 Å². The van der Waals surface area contributed by atoms with Crippen molar-refractivity contribution in [3.05, 3.63) is 123 Å². The first-order valence-electron chi connectivity index (χ1n) is 11.1. The van der Waals surface area contributed by atoms with Gasteiger partial charge < -0.3 is 14.8 Å². The van der Waals surface area contributed by atoms with Crippen LogP contribution in [0.15, 0.2) is 85.1 Å². The Labute approximate surface area is 216 Å². The number of aryl methyl sites for hydroxylation is 2. The van der Waals surface area contributed by atoms with Gasteiger partial charge in [0.15, 0.2) is 5.11 Å². The zero-order chi connectivity index (χ0) is 24.1. The molecular weight excluding hydrogens is 481 g/mol. The maximum Gasteiger partial charge on any atom is 0.174 e. The van der Waals surface area contributed by atoms with Crippen molar-refractivity contribution < 1.29 is 0 Å². The molecule has 1 N–H and O–H groups in total. The fourth-order valence-electron chi connectivity index (χ4n) is 3.98. The van der Waals surface area contributed by atoms with E-state index in [2.05, 4.69) is 77.3 Å². The highest BCUT2D eigenvalue weighted by atomic mass is 35.5. The number of aromatic nitrogens is 1. The van der Waals surface area contributed by atoms with E-state index in [1.165, 1.54) is 27.9 Å². The molecule has 0 unspecified atom stereocenters. The third-order valence-corrected chi connectivity index (χ3v) is 6.53. The lowest BCUT2D eigenvalue weighted by Crippen LogP contribution is -2.34. The Balaban J connectivity index is 1.57. The van der Waals surface area contributed by atoms with Crippen LogP contribution in [0.3, 0.4) is 0 Å². The fraction of sp³-hybridized carbons (Fsp3) is 0.179. The molecule has 0 spiro atoms. The molecule has 0 aliphatic heterocycles. The van der Waals surface area contributed by atoms with Gasteiger partial charge in [0.05, 0.1) is 6.54 Å². The van der Waals surface area contributed by atoms with Gasteiger partial charge in [-0.15, -0.1) is 0 Å². The van der Waals surface area contributed by atoms with Crippen molar-refractivity contribution in [2.75, 3.05) is 5.32 Å². The summed E-state index contributed by atoms with van der Waals surface area (Å²) in [6.45, 7) is 6.45. The summed E-state index contributed by atoms with van der Waals surface area (Å²) in [6, 6.07) is 26.5. The van der Waals surface area contributed by atoms with E-state index >= 15 is 0 Å². The summed E-state index contributed by atoms with van der Waals surface area (Å²) < 4.78 is 2.29. The minimum absolute atomic E-state index is 0.565. The SMILES string of the molecule is Cc1ccc(Cn2cccc2CN(Cc2ccccc2)C(=S)Nc2cc(Cl)cc(Cl)c2)c(C)c1. The van der Waals surface area contributed by atoms with Crippen LogP contribution in [-0.4, -0.2) is 14.6 Å². The molecule has 0 aliphatic rings. The quantitative estimate of drug-likeness (QED) is 0.257. The normalized spacial score (nSPS) is 10.8. The van der Waals surface area contributed by atoms with Gasteiger partial charge in [0.1, 0.15) is 0 Å². The van der Waals surface area contributed by atoms with Crippen LogP contribution in [0.4, 0.5) is 5.69 Å². The van der Waals surface area contributed by atoms with Crippen LogP contribution >= 0.6 is 35.4 Å². The number of hydrogen-bond acceptors (Lipinski definition) is 1. The average molecular weight is 509 g/mol. The van der Waals surface area contributed by atoms with E-state index in [1.54, 1.807) is 6.07 Å². The lowest BCUT2D eigenvalue weighted by Gasteiger charge is -2.27. The number of hydrogen-bond donors (Lipinski definition) is 1. The molecule has 34 heavy (non-hydrogen) atoms. The van der Waals surface area contributed by atoms with Crippen LogP contribution < -0.4 is 5.32 Å². The lowest BCUT2D eigenvalue weighted by atomic mass is 10.1. The van der Waals surface area contributed by atoms with E-state index in [0.29, 0.717) is 28.2 Å². The van der Waals surface area contributed by atoms with Gasteiger partial charge in [-0.3, -0.25) is 0 Å². The van der Waals surface area contributed by atoms with E-state index in [-0.39, 0.29) is 0 Å². The largest absolute Gasteiger partial charge is 0.345 e. The monoisotopic (exact) mass is 507 g/mol. The van der Waals surface area contributed by atoms with E-state index in [0.717, 1.165) is 12.2 Å². The predicted octanol–water partition coefficient (Wildman–Crippen LogP) is 7.86. The second kappa shape index (κ2) is 11.1. The van der Waals surface area contributed by atoms with Crippen LogP contribution in [0, 0.1) is 13.8 Å². The van der Waals surface area contributed by atoms with Gasteiger partial charge in [-0.1, -0.05) is 77.3 Å². The van der Waals surface area contributed by atoms with Crippen molar-refractivity contribution >= 4 is 46.2 Å². The minimum atomic E-state index is 0.565. The third kappa shape index (κ3) is 6.41. The third-order valence-electron chi connectivity index (χ3n) is 5.73. The van der Waals surface area contributed by atoms with Crippen molar-refractivity contribution in [2.45, 2.75) is 33.5 Å². The van der Waals surface area contributed by atoms with Crippen LogP contribution in [0.1, 0.15) is 27.9 Å². The Morgan fingerprint density at radius 2 is 1.62 bits per heavy atom. The smallest absolute Gasteiger partial charge is 0.174 e. The Morgan fingerprint density at radius 3 is 2.32 bits per heavy atom. The molecule has 0 bridgehead atoms. The average Bonchev–Trinajstić information content (AvgIpc) is 3.22. The maximum absolute atomic E-state index is 6.19. The Bertz CT molecular complexity index is 1260. The summed E-state index contributed by atoms with van der Waals surface area (Å²) in [6.07, 6.45) is 2.13. The molecule has 0 atom stereocenters. The number of benzene rings is 3. The number of nitrogens with zero attached hydrogens (tertiary/aromatic N) is 2. The van der Waals surface area contributed by atoms with Crippen LogP contribution in [-0.2, 0) is 19.6 Å². The molecule has 6 heteroatoms. The van der Waals surface area contributed by atoms with Gasteiger partial charge in [-0.25, -0.2) is 0 Å². The highest BCUT2D eigenvalue weighted by Gasteiger charge is 2.15. The zero-order valence-corrected chi connectivity index (χ0v) is 21.6. The fourth-order valence-corrected chi connectivity index (χ4v) is 4.75. The summed E-state index contributed by atoms with van der Waals surface area (Å²) in [4.78, 5) is 2.16. The van der Waals surface area contributed by atoms with Crippen molar-refractivity contribution in [1.29, 1.82) is 0 Å². The van der Waals surface area contributed by atoms with E-state index in [1.807, 2.05) is 30.3 Å². The number of rotatable bonds is 7. The minimum Gasteiger partial charge on any atom is -0.345 e. The Hall–Kier alpha value is -2.79. The van der Waals surface area contributed by atoms with Gasteiger partial charge >= 0.3 is 0 Å². The summed E-state index contributed by atoms with van der Waals surface area (Å²) in [7, 11) is 0. The molecule has 174 valence electrons. The molecule has 0 radical (unpaired) electrons. The van der Waals surface area contributed by atoms with Crippen LogP contribution in [0.5, 0.6) is 0 Å². The number of anilines is 1. The summed E-state index contributed by atoms with van der Waals surface area (Å²) in [5.41, 5.74) is 7.03. The molecular formula is C28H27Cl2N3S. The van der Waals surface area contributed by atoms with Gasteiger partial charge in [-0.2, -0.15) is 0 Å². The topological polar surface area (TPSA) is 20.2 Å². The second-order valence-corrected chi connectivity index (χ2v) is 9.75. The van der Waals surface area contributed by atoms with E-state index in [9.17, 15) is 0 Å². The number of thiocarbonyl (C=S) groups is 1. The highest BCUT2D eigenvalue weighted by molar-refractivity contribution is 7.80. The Kier molecular flexibility index (Phi) is 7.94. The molecule has 0 saturated carbocycles. The predicted molar refractivity (Wildman–Crippen MR) is 148 cm³/mol. The molecule has 4 aromatic rings. The molecule has 0 saturated heterocycles. The molecule has 0 fully saturated rings. The van der Waals surface area contributed by atoms with Crippen LogP contribution in [0.2, 0.25) is 10.0 Å². The highest BCUT2D eigenvalue weighted by Crippen LogP contribution is 2.23. The molecule has 4 rings (SSSR count). The van der Waals surface area contributed by atoms with E-state index in [4.69, 9.17) is 35.4 Å². The first kappa shape index (κ1) is 24.3. The van der Waals surface area contributed by atoms with Crippen molar-refractivity contribution in [2.24, 2.45) is 0 Å². The summed E-state index contributed by atoms with van der Waals surface area (Å²) in [5.74, 6) is 0. The standard InChI is InChI=1S/C28H27Cl2N3S/c1-20-10-11-23(21(2)13-20)18-32-12-6-9-27(32)19-33(17-22-7-4-3-5-8-22)28(34)31-26-15-24(29)14-25(30)16-26/h3-16H,17-19H2,1-2H3,(H,31,34). The van der Waals surface area contributed by atoms with Gasteiger partial charge in [0.2, 0.25) is 0 Å². The van der Waals surface area contributed by atoms with Crippen molar-refractivity contribution in [1.82, 2.24) is 9.47 Å². The van der Waals surface area contributed by atoms with Crippen molar-refractivity contribution in [3.63, 3.8) is 0 Å². The maximum atomic E-state index is 6.19. The molecule has 0 aliphatic carbocycles. The lowest BCUT2D eigenvalue weighted by molar-refractivity contribution is 0.399. The first-order chi connectivity index (χ1) is 16.4. The summed E-state index contributed by atoms with van der Waals surface area (Å²) >= 11 is 18.2. The first-order valence-corrected chi connectivity index (χ1v) is 12.3. The second-order valence-electron chi connectivity index (χ2n) is 8.49. The van der Waals surface area contributed by atoms with Crippen molar-refractivity contribution in [3.8, 4) is 0 Å². The molecule has 3 aromatic carbocycles. The van der Waals surface area contributed by atoms with Crippen LogP contribution in [0.25, 0.3) is 0 Å².